The van der Waals surface area contributed by atoms with Crippen LogP contribution in [0, 0.1) is 11.7 Å². The second-order valence-corrected chi connectivity index (χ2v) is 5.95. The first kappa shape index (κ1) is 15.6. The van der Waals surface area contributed by atoms with E-state index in [2.05, 4.69) is 9.88 Å². The lowest BCUT2D eigenvalue weighted by Gasteiger charge is -2.31. The largest absolute Gasteiger partial charge is 0.369 e. The Kier molecular flexibility index (Phi) is 4.38. The summed E-state index contributed by atoms with van der Waals surface area (Å²) in [4.78, 5) is 30.0. The summed E-state index contributed by atoms with van der Waals surface area (Å²) in [5, 5.41) is 0.405. The van der Waals surface area contributed by atoms with Crippen LogP contribution in [0.4, 0.5) is 4.39 Å². The second-order valence-electron chi connectivity index (χ2n) is 5.95. The van der Waals surface area contributed by atoms with Gasteiger partial charge in [0, 0.05) is 25.7 Å². The number of hydrogen-bond donors (Lipinski definition) is 1. The number of nitrogens with zero attached hydrogens (tertiary/aromatic N) is 3. The number of rotatable bonds is 4. The van der Waals surface area contributed by atoms with Crippen molar-refractivity contribution in [2.24, 2.45) is 11.7 Å². The molecule has 1 atom stereocenters. The lowest BCUT2D eigenvalue weighted by molar-refractivity contribution is -0.123. The highest BCUT2D eigenvalue weighted by molar-refractivity contribution is 5.77. The van der Waals surface area contributed by atoms with Crippen molar-refractivity contribution in [1.82, 2.24) is 14.5 Å². The summed E-state index contributed by atoms with van der Waals surface area (Å²) in [6.07, 6.45) is 3.20. The Morgan fingerprint density at radius 2 is 2.22 bits per heavy atom. The predicted molar refractivity (Wildman–Crippen MR) is 84.3 cm³/mol. The smallest absolute Gasteiger partial charge is 0.261 e. The number of amides is 1. The minimum atomic E-state index is -0.409. The Morgan fingerprint density at radius 1 is 1.39 bits per heavy atom. The molecule has 7 heteroatoms. The van der Waals surface area contributed by atoms with Gasteiger partial charge in [0.1, 0.15) is 5.82 Å². The molecule has 122 valence electrons. The number of carbonyl (C=O) groups is 1. The number of halogens is 1. The summed E-state index contributed by atoms with van der Waals surface area (Å²) in [6, 6.07) is 3.97. The lowest BCUT2D eigenvalue weighted by Crippen LogP contribution is -2.42. The molecule has 23 heavy (non-hydrogen) atoms. The maximum Gasteiger partial charge on any atom is 0.261 e. The van der Waals surface area contributed by atoms with Crippen LogP contribution in [-0.2, 0) is 11.3 Å². The molecule has 1 aromatic carbocycles. The molecule has 1 amide bonds. The minimum absolute atomic E-state index is 0.113. The van der Waals surface area contributed by atoms with Gasteiger partial charge in [0.05, 0.1) is 23.1 Å². The summed E-state index contributed by atoms with van der Waals surface area (Å²) < 4.78 is 14.7. The number of fused-ring (bicyclic) bond motifs is 1. The number of carbonyl (C=O) groups excluding carboxylic acids is 1. The normalized spacial score (nSPS) is 19.1. The zero-order valence-electron chi connectivity index (χ0n) is 12.7. The van der Waals surface area contributed by atoms with Gasteiger partial charge in [-0.05, 0) is 31.5 Å². The average Bonchev–Trinajstić information content (AvgIpc) is 2.54. The SMILES string of the molecule is NC(=O)[C@@H]1CCCN(CCn2cnc3cc(F)ccc3c2=O)C1. The second kappa shape index (κ2) is 6.45. The highest BCUT2D eigenvalue weighted by atomic mass is 19.1. The zero-order valence-corrected chi connectivity index (χ0v) is 12.7. The van der Waals surface area contributed by atoms with Gasteiger partial charge in [0.25, 0.3) is 5.56 Å². The van der Waals surface area contributed by atoms with Crippen molar-refractivity contribution < 1.29 is 9.18 Å². The van der Waals surface area contributed by atoms with Crippen LogP contribution in [0.3, 0.4) is 0 Å². The van der Waals surface area contributed by atoms with Crippen molar-refractivity contribution in [2.75, 3.05) is 19.6 Å². The quantitative estimate of drug-likeness (QED) is 0.901. The van der Waals surface area contributed by atoms with Gasteiger partial charge in [0.2, 0.25) is 5.91 Å². The molecular formula is C16H19FN4O2. The van der Waals surface area contributed by atoms with E-state index in [-0.39, 0.29) is 17.4 Å². The number of aromatic nitrogens is 2. The Labute approximate surface area is 132 Å². The van der Waals surface area contributed by atoms with Gasteiger partial charge in [-0.3, -0.25) is 14.2 Å². The Balaban J connectivity index is 1.72. The van der Waals surface area contributed by atoms with Crippen LogP contribution in [0.1, 0.15) is 12.8 Å². The molecule has 1 aliphatic heterocycles. The number of hydrogen-bond acceptors (Lipinski definition) is 4. The molecule has 2 aromatic rings. The molecule has 0 radical (unpaired) electrons. The fourth-order valence-electron chi connectivity index (χ4n) is 3.03. The molecule has 2 heterocycles. The molecule has 1 aliphatic rings. The van der Waals surface area contributed by atoms with Crippen molar-refractivity contribution in [3.05, 3.63) is 40.7 Å². The Bertz CT molecular complexity index is 789. The summed E-state index contributed by atoms with van der Waals surface area (Å²) in [5.74, 6) is -0.785. The Morgan fingerprint density at radius 3 is 3.00 bits per heavy atom. The molecule has 0 spiro atoms. The van der Waals surface area contributed by atoms with Crippen LogP contribution in [0.25, 0.3) is 10.9 Å². The van der Waals surface area contributed by atoms with Gasteiger partial charge in [-0.15, -0.1) is 0 Å². The van der Waals surface area contributed by atoms with Gasteiger partial charge >= 0.3 is 0 Å². The van der Waals surface area contributed by atoms with Crippen LogP contribution in [0.15, 0.2) is 29.3 Å². The first-order valence-electron chi connectivity index (χ1n) is 7.71. The highest BCUT2D eigenvalue weighted by Crippen LogP contribution is 2.15. The van der Waals surface area contributed by atoms with Crippen molar-refractivity contribution in [3.63, 3.8) is 0 Å². The molecule has 0 saturated carbocycles. The molecule has 1 aromatic heterocycles. The monoisotopic (exact) mass is 318 g/mol. The standard InChI is InChI=1S/C16H19FN4O2/c17-12-3-4-13-14(8-12)19-10-21(16(13)23)7-6-20-5-1-2-11(9-20)15(18)22/h3-4,8,10-11H,1-2,5-7,9H2,(H2,18,22)/t11-/m1/s1. The van der Waals surface area contributed by atoms with Crippen molar-refractivity contribution in [1.29, 1.82) is 0 Å². The third kappa shape index (κ3) is 3.39. The van der Waals surface area contributed by atoms with E-state index in [1.54, 1.807) is 0 Å². The molecule has 0 unspecified atom stereocenters. The van der Waals surface area contributed by atoms with E-state index in [0.717, 1.165) is 19.4 Å². The van der Waals surface area contributed by atoms with Crippen molar-refractivity contribution in [2.45, 2.75) is 19.4 Å². The van der Waals surface area contributed by atoms with Crippen LogP contribution >= 0.6 is 0 Å². The fraction of sp³-hybridized carbons (Fsp3) is 0.438. The third-order valence-corrected chi connectivity index (χ3v) is 4.35. The number of piperidine rings is 1. The molecule has 3 rings (SSSR count). The summed E-state index contributed by atoms with van der Waals surface area (Å²) in [6.45, 7) is 2.66. The Hall–Kier alpha value is -2.28. The number of nitrogens with two attached hydrogens (primary N) is 1. The van der Waals surface area contributed by atoms with E-state index in [1.807, 2.05) is 0 Å². The van der Waals surface area contributed by atoms with Crippen LogP contribution in [-0.4, -0.2) is 40.0 Å². The van der Waals surface area contributed by atoms with E-state index < -0.39 is 5.82 Å². The molecule has 6 nitrogen and oxygen atoms in total. The lowest BCUT2D eigenvalue weighted by atomic mass is 9.97. The summed E-state index contributed by atoms with van der Waals surface area (Å²) >= 11 is 0. The molecule has 2 N–H and O–H groups in total. The minimum Gasteiger partial charge on any atom is -0.369 e. The molecule has 1 fully saturated rings. The maximum atomic E-state index is 13.2. The van der Waals surface area contributed by atoms with E-state index in [0.29, 0.717) is 30.5 Å². The van der Waals surface area contributed by atoms with E-state index in [1.165, 1.54) is 29.1 Å². The number of primary amides is 1. The van der Waals surface area contributed by atoms with Gasteiger partial charge < -0.3 is 10.6 Å². The van der Waals surface area contributed by atoms with Crippen molar-refractivity contribution >= 4 is 16.8 Å². The van der Waals surface area contributed by atoms with Gasteiger partial charge in [-0.25, -0.2) is 9.37 Å². The fourth-order valence-corrected chi connectivity index (χ4v) is 3.03. The van der Waals surface area contributed by atoms with Crippen molar-refractivity contribution in [3.8, 4) is 0 Å². The predicted octanol–water partition coefficient (Wildman–Crippen LogP) is 0.733. The van der Waals surface area contributed by atoms with Gasteiger partial charge in [-0.2, -0.15) is 0 Å². The highest BCUT2D eigenvalue weighted by Gasteiger charge is 2.23. The molecular weight excluding hydrogens is 299 g/mol. The third-order valence-electron chi connectivity index (χ3n) is 4.35. The number of benzene rings is 1. The van der Waals surface area contributed by atoms with E-state index in [9.17, 15) is 14.0 Å². The number of likely N-dealkylation sites (tertiary alicyclic amines) is 1. The van der Waals surface area contributed by atoms with Crippen LogP contribution in [0.2, 0.25) is 0 Å². The first-order chi connectivity index (χ1) is 11.0. The molecule has 0 aliphatic carbocycles. The summed E-state index contributed by atoms with van der Waals surface area (Å²) in [7, 11) is 0. The van der Waals surface area contributed by atoms with Crippen LogP contribution < -0.4 is 11.3 Å². The molecule has 0 bridgehead atoms. The molecule has 1 saturated heterocycles. The van der Waals surface area contributed by atoms with E-state index in [4.69, 9.17) is 5.73 Å². The van der Waals surface area contributed by atoms with Gasteiger partial charge in [-0.1, -0.05) is 0 Å². The van der Waals surface area contributed by atoms with Gasteiger partial charge in [0.15, 0.2) is 0 Å². The zero-order chi connectivity index (χ0) is 16.4. The van der Waals surface area contributed by atoms with Crippen LogP contribution in [0.5, 0.6) is 0 Å². The van der Waals surface area contributed by atoms with E-state index >= 15 is 0 Å². The average molecular weight is 318 g/mol. The first-order valence-corrected chi connectivity index (χ1v) is 7.71. The summed E-state index contributed by atoms with van der Waals surface area (Å²) in [5.41, 5.74) is 5.55. The maximum absolute atomic E-state index is 13.2. The topological polar surface area (TPSA) is 81.2 Å².